The first-order valence-corrected chi connectivity index (χ1v) is 15.1. The smallest absolute Gasteiger partial charge is 0.410 e. The number of hydrogen-bond donors (Lipinski definition) is 1. The summed E-state index contributed by atoms with van der Waals surface area (Å²) in [5, 5.41) is 15.6. The van der Waals surface area contributed by atoms with E-state index in [4.69, 9.17) is 9.47 Å². The summed E-state index contributed by atoms with van der Waals surface area (Å²) < 4.78 is 11.6. The molecule has 0 aliphatic heterocycles. The van der Waals surface area contributed by atoms with Crippen molar-refractivity contribution in [3.63, 3.8) is 0 Å². The molecule has 0 spiro atoms. The summed E-state index contributed by atoms with van der Waals surface area (Å²) in [4.78, 5) is 32.2. The molecule has 0 aliphatic carbocycles. The average Bonchev–Trinajstić information content (AvgIpc) is 2.97. The molecule has 236 valence electrons. The van der Waals surface area contributed by atoms with E-state index in [1.165, 1.54) is 10.5 Å². The van der Waals surface area contributed by atoms with Gasteiger partial charge in [0.05, 0.1) is 6.04 Å². The molecule has 3 aromatic rings. The highest BCUT2D eigenvalue weighted by atomic mass is 16.6. The lowest BCUT2D eigenvalue weighted by molar-refractivity contribution is -0.221. The Morgan fingerprint density at radius 2 is 1.52 bits per heavy atom. The van der Waals surface area contributed by atoms with Gasteiger partial charge in [-0.2, -0.15) is 0 Å². The highest BCUT2D eigenvalue weighted by molar-refractivity contribution is 5.90. The van der Waals surface area contributed by atoms with Crippen molar-refractivity contribution >= 4 is 17.9 Å². The van der Waals surface area contributed by atoms with Crippen molar-refractivity contribution in [2.45, 2.75) is 85.1 Å². The fourth-order valence-corrected chi connectivity index (χ4v) is 4.79. The van der Waals surface area contributed by atoms with Gasteiger partial charge in [0.15, 0.2) is 0 Å². The minimum atomic E-state index is -0.924. The molecule has 0 saturated heterocycles. The lowest BCUT2D eigenvalue weighted by Gasteiger charge is -2.32. The van der Waals surface area contributed by atoms with Crippen LogP contribution in [0.15, 0.2) is 77.8 Å². The number of nitrogens with zero attached hydrogens (tertiary/aromatic N) is 2. The number of benzene rings is 3. The summed E-state index contributed by atoms with van der Waals surface area (Å²) in [7, 11) is 1.54. The Hall–Kier alpha value is -4.33. The molecule has 1 unspecified atom stereocenters. The van der Waals surface area contributed by atoms with Crippen LogP contribution in [-0.2, 0) is 29.0 Å². The molecule has 3 rings (SSSR count). The van der Waals surface area contributed by atoms with Crippen LogP contribution in [0.3, 0.4) is 0 Å². The second-order valence-electron chi connectivity index (χ2n) is 12.2. The summed E-state index contributed by atoms with van der Waals surface area (Å²) in [5.41, 5.74) is 4.29. The number of aliphatic imine (C=N–C) groups is 1. The van der Waals surface area contributed by atoms with Gasteiger partial charge in [-0.25, -0.2) is 4.79 Å². The maximum Gasteiger partial charge on any atom is 0.410 e. The third kappa shape index (κ3) is 10.7. The molecular formula is C36H46N3O5-. The average molecular weight is 601 g/mol. The topological polar surface area (TPSA) is 103 Å². The van der Waals surface area contributed by atoms with Crippen molar-refractivity contribution in [1.29, 1.82) is 0 Å². The van der Waals surface area contributed by atoms with Gasteiger partial charge in [0.25, 0.3) is 0 Å². The van der Waals surface area contributed by atoms with E-state index in [2.05, 4.69) is 10.3 Å². The molecule has 1 N–H and O–H groups in total. The second kappa shape index (κ2) is 15.9. The fraction of sp³-hybridized carbons (Fsp3) is 0.417. The number of carbonyl (C=O) groups is 2. The fourth-order valence-electron chi connectivity index (χ4n) is 4.79. The third-order valence-electron chi connectivity index (χ3n) is 7.23. The first-order valence-electron chi connectivity index (χ1n) is 15.1. The standard InChI is InChI=1S/C36H47N3O5/c1-25-21-30(43-24-29-17-12-9-13-18-29)22-26(2)31(25)23-32(39(7)35(42)44-36(4,5)6)34(41)38-27(3)33(40)37-20-14-19-28-15-10-8-11-16-28/h8-13,15-18,21-22,27,32H,14,19-20,23-24H2,1-7H3,(H,37,40)(H,38,41)/p-1/t27-,32?/m1/s1. The van der Waals surface area contributed by atoms with Crippen LogP contribution in [0.4, 0.5) is 4.79 Å². The van der Waals surface area contributed by atoms with Crippen LogP contribution in [0.25, 0.3) is 0 Å². The number of likely N-dealkylation sites (N-methyl/N-ethyl adjacent to an activating group) is 1. The molecule has 0 fully saturated rings. The van der Waals surface area contributed by atoms with E-state index in [0.29, 0.717) is 13.2 Å². The molecule has 0 saturated carbocycles. The van der Waals surface area contributed by atoms with Crippen LogP contribution in [0.1, 0.15) is 61.9 Å². The quantitative estimate of drug-likeness (QED) is 0.157. The van der Waals surface area contributed by atoms with Crippen LogP contribution < -0.4 is 15.2 Å². The van der Waals surface area contributed by atoms with E-state index in [1.807, 2.05) is 86.6 Å². The van der Waals surface area contributed by atoms with Gasteiger partial charge in [-0.1, -0.05) is 60.7 Å². The number of carbonyl (C=O) groups excluding carboxylic acids is 2. The summed E-state index contributed by atoms with van der Waals surface area (Å²) in [6, 6.07) is 22.1. The summed E-state index contributed by atoms with van der Waals surface area (Å²) in [5.74, 6) is -0.138. The number of nitrogens with one attached hydrogen (secondary N) is 1. The lowest BCUT2D eigenvalue weighted by atomic mass is 9.95. The van der Waals surface area contributed by atoms with E-state index < -0.39 is 35.6 Å². The maximum atomic E-state index is 13.7. The van der Waals surface area contributed by atoms with E-state index in [9.17, 15) is 14.7 Å². The molecule has 0 aromatic heterocycles. The minimum absolute atomic E-state index is 0.230. The predicted molar refractivity (Wildman–Crippen MR) is 173 cm³/mol. The third-order valence-corrected chi connectivity index (χ3v) is 7.23. The van der Waals surface area contributed by atoms with Gasteiger partial charge >= 0.3 is 6.09 Å². The molecule has 0 bridgehead atoms. The van der Waals surface area contributed by atoms with Gasteiger partial charge < -0.3 is 24.9 Å². The van der Waals surface area contributed by atoms with Crippen LogP contribution in [0.5, 0.6) is 5.75 Å². The molecule has 3 aromatic carbocycles. The number of hydrogen-bond acceptors (Lipinski definition) is 6. The van der Waals surface area contributed by atoms with Crippen LogP contribution in [0, 0.1) is 13.8 Å². The minimum Gasteiger partial charge on any atom is -0.861 e. The molecule has 44 heavy (non-hydrogen) atoms. The van der Waals surface area contributed by atoms with Crippen LogP contribution >= 0.6 is 0 Å². The maximum absolute atomic E-state index is 13.7. The van der Waals surface area contributed by atoms with Crippen LogP contribution in [0.2, 0.25) is 0 Å². The summed E-state index contributed by atoms with van der Waals surface area (Å²) in [6.07, 6.45) is 1.15. The molecule has 8 heteroatoms. The van der Waals surface area contributed by atoms with Gasteiger partial charge in [0.2, 0.25) is 5.91 Å². The zero-order valence-corrected chi connectivity index (χ0v) is 27.1. The predicted octanol–water partition coefficient (Wildman–Crippen LogP) is 5.56. The van der Waals surface area contributed by atoms with E-state index in [-0.39, 0.29) is 6.42 Å². The number of rotatable bonds is 13. The van der Waals surface area contributed by atoms with Gasteiger partial charge in [-0.3, -0.25) is 9.69 Å². The van der Waals surface area contributed by atoms with E-state index >= 15 is 0 Å². The van der Waals surface area contributed by atoms with E-state index in [1.54, 1.807) is 34.7 Å². The van der Waals surface area contributed by atoms with Crippen molar-refractivity contribution in [3.05, 3.63) is 101 Å². The first-order chi connectivity index (χ1) is 20.8. The Morgan fingerprint density at radius 1 is 0.955 bits per heavy atom. The number of ether oxygens (including phenoxy) is 2. The highest BCUT2D eigenvalue weighted by Crippen LogP contribution is 2.25. The Labute approximate surface area is 262 Å². The van der Waals surface area contributed by atoms with Gasteiger partial charge in [0, 0.05) is 20.0 Å². The van der Waals surface area contributed by atoms with Gasteiger partial charge in [-0.15, -0.1) is 0 Å². The largest absolute Gasteiger partial charge is 0.861 e. The zero-order valence-electron chi connectivity index (χ0n) is 27.1. The van der Waals surface area contributed by atoms with Crippen molar-refractivity contribution in [2.75, 3.05) is 13.6 Å². The first kappa shape index (κ1) is 34.2. The number of amides is 2. The van der Waals surface area contributed by atoms with Gasteiger partial charge in [-0.05, 0) is 100 Å². The van der Waals surface area contributed by atoms with Crippen molar-refractivity contribution in [3.8, 4) is 5.75 Å². The molecule has 2 atom stereocenters. The molecular weight excluding hydrogens is 554 g/mol. The SMILES string of the molecule is Cc1cc(OCc2ccccc2)cc(C)c1CC(C(=O)N[C@H](C)C([O-])=NCCCc1ccccc1)N(C)C(=O)OC(C)(C)C. The Bertz CT molecular complexity index is 1380. The summed E-state index contributed by atoms with van der Waals surface area (Å²) >= 11 is 0. The Balaban J connectivity index is 1.73. The molecule has 0 radical (unpaired) electrons. The highest BCUT2D eigenvalue weighted by Gasteiger charge is 2.32. The zero-order chi connectivity index (χ0) is 32.3. The van der Waals surface area contributed by atoms with Crippen molar-refractivity contribution in [2.24, 2.45) is 4.99 Å². The second-order valence-corrected chi connectivity index (χ2v) is 12.2. The lowest BCUT2D eigenvalue weighted by Crippen LogP contribution is -2.54. The van der Waals surface area contributed by atoms with Crippen LogP contribution in [-0.4, -0.2) is 54.1 Å². The van der Waals surface area contributed by atoms with Crippen molar-refractivity contribution < 1.29 is 24.2 Å². The Morgan fingerprint density at radius 3 is 2.09 bits per heavy atom. The molecule has 0 heterocycles. The number of aryl methyl sites for hydroxylation is 3. The van der Waals surface area contributed by atoms with Gasteiger partial charge in [0.1, 0.15) is 24.0 Å². The molecule has 0 aliphatic rings. The van der Waals surface area contributed by atoms with Crippen molar-refractivity contribution in [1.82, 2.24) is 10.2 Å². The molecule has 2 amide bonds. The van der Waals surface area contributed by atoms with E-state index in [0.717, 1.165) is 40.8 Å². The normalized spacial score (nSPS) is 13.1. The molecule has 8 nitrogen and oxygen atoms in total. The monoisotopic (exact) mass is 600 g/mol. The summed E-state index contributed by atoms with van der Waals surface area (Å²) in [6.45, 7) is 11.7. The Kier molecular flexibility index (Phi) is 12.4.